The minimum Gasteiger partial charge on any atom is -0.484 e. The fourth-order valence-electron chi connectivity index (χ4n) is 2.66. The summed E-state index contributed by atoms with van der Waals surface area (Å²) in [5.74, 6) is 0.433. The summed E-state index contributed by atoms with van der Waals surface area (Å²) in [5, 5.41) is 4.29. The molecule has 1 aliphatic rings. The first kappa shape index (κ1) is 15.3. The van der Waals surface area contributed by atoms with Crippen molar-refractivity contribution in [2.24, 2.45) is 5.10 Å². The largest absolute Gasteiger partial charge is 0.484 e. The Bertz CT molecular complexity index is 720. The van der Waals surface area contributed by atoms with Gasteiger partial charge >= 0.3 is 0 Å². The second kappa shape index (κ2) is 7.09. The van der Waals surface area contributed by atoms with Crippen molar-refractivity contribution in [1.29, 1.82) is 0 Å². The third-order valence-corrected chi connectivity index (χ3v) is 3.89. The molecule has 0 unspecified atom stereocenters. The van der Waals surface area contributed by atoms with Crippen molar-refractivity contribution in [1.82, 2.24) is 5.43 Å². The van der Waals surface area contributed by atoms with Gasteiger partial charge in [-0.1, -0.05) is 42.0 Å². The molecule has 0 fully saturated rings. The fraction of sp³-hybridized carbons (Fsp3) is 0.263. The van der Waals surface area contributed by atoms with E-state index in [1.165, 1.54) is 5.56 Å². The molecular formula is C19H20N2O2. The van der Waals surface area contributed by atoms with Crippen molar-refractivity contribution in [3.63, 3.8) is 0 Å². The zero-order valence-corrected chi connectivity index (χ0v) is 13.2. The number of amides is 1. The molecule has 118 valence electrons. The maximum absolute atomic E-state index is 11.9. The lowest BCUT2D eigenvalue weighted by molar-refractivity contribution is -0.123. The van der Waals surface area contributed by atoms with Crippen LogP contribution in [-0.4, -0.2) is 18.2 Å². The molecule has 0 aliphatic heterocycles. The van der Waals surface area contributed by atoms with Crippen molar-refractivity contribution < 1.29 is 9.53 Å². The average molecular weight is 308 g/mol. The molecule has 1 N–H and O–H groups in total. The Morgan fingerprint density at radius 1 is 1.13 bits per heavy atom. The SMILES string of the molecule is Cc1ccc(OCC(=O)N/N=C2\CCCc3ccccc32)cc1. The molecule has 3 rings (SSSR count). The summed E-state index contributed by atoms with van der Waals surface area (Å²) in [7, 11) is 0. The molecule has 0 saturated heterocycles. The van der Waals surface area contributed by atoms with Gasteiger partial charge < -0.3 is 4.74 Å². The highest BCUT2D eigenvalue weighted by Gasteiger charge is 2.15. The van der Waals surface area contributed by atoms with E-state index in [9.17, 15) is 4.79 Å². The van der Waals surface area contributed by atoms with Crippen molar-refractivity contribution in [3.05, 3.63) is 65.2 Å². The van der Waals surface area contributed by atoms with E-state index in [2.05, 4.69) is 22.7 Å². The molecule has 4 heteroatoms. The predicted molar refractivity (Wildman–Crippen MR) is 90.7 cm³/mol. The first-order valence-electron chi connectivity index (χ1n) is 7.85. The Morgan fingerprint density at radius 3 is 2.74 bits per heavy atom. The van der Waals surface area contributed by atoms with Crippen LogP contribution in [0.5, 0.6) is 5.75 Å². The third kappa shape index (κ3) is 3.97. The van der Waals surface area contributed by atoms with Gasteiger partial charge in [-0.05, 0) is 43.9 Å². The molecule has 1 amide bonds. The Labute approximate surface area is 136 Å². The van der Waals surface area contributed by atoms with Crippen LogP contribution in [0.25, 0.3) is 0 Å². The topological polar surface area (TPSA) is 50.7 Å². The Hall–Kier alpha value is -2.62. The first-order chi connectivity index (χ1) is 11.2. The molecule has 1 aliphatic carbocycles. The number of carbonyl (C=O) groups is 1. The van der Waals surface area contributed by atoms with Crippen LogP contribution in [0.2, 0.25) is 0 Å². The molecule has 23 heavy (non-hydrogen) atoms. The molecule has 0 saturated carbocycles. The minimum absolute atomic E-state index is 0.0402. The molecule has 0 atom stereocenters. The number of hydrogen-bond acceptors (Lipinski definition) is 3. The van der Waals surface area contributed by atoms with Crippen molar-refractivity contribution in [2.75, 3.05) is 6.61 Å². The number of ether oxygens (including phenoxy) is 1. The van der Waals surface area contributed by atoms with Crippen LogP contribution >= 0.6 is 0 Å². The molecule has 0 aromatic heterocycles. The Balaban J connectivity index is 1.57. The smallest absolute Gasteiger partial charge is 0.277 e. The zero-order valence-electron chi connectivity index (χ0n) is 13.2. The van der Waals surface area contributed by atoms with Crippen molar-refractivity contribution >= 4 is 11.6 Å². The van der Waals surface area contributed by atoms with E-state index >= 15 is 0 Å². The number of hydrazone groups is 1. The first-order valence-corrected chi connectivity index (χ1v) is 7.85. The van der Waals surface area contributed by atoms with Crippen LogP contribution in [0.4, 0.5) is 0 Å². The van der Waals surface area contributed by atoms with Gasteiger partial charge in [0.05, 0.1) is 5.71 Å². The number of rotatable bonds is 4. The van der Waals surface area contributed by atoms with Crippen LogP contribution in [0.15, 0.2) is 53.6 Å². The van der Waals surface area contributed by atoms with Gasteiger partial charge in [-0.3, -0.25) is 4.79 Å². The highest BCUT2D eigenvalue weighted by molar-refractivity contribution is 6.03. The van der Waals surface area contributed by atoms with Gasteiger partial charge in [-0.15, -0.1) is 0 Å². The molecule has 0 spiro atoms. The molecule has 0 heterocycles. The summed E-state index contributed by atoms with van der Waals surface area (Å²) < 4.78 is 5.45. The molecule has 0 radical (unpaired) electrons. The molecular weight excluding hydrogens is 288 g/mol. The summed E-state index contributed by atoms with van der Waals surface area (Å²) in [6, 6.07) is 15.8. The van der Waals surface area contributed by atoms with Crippen molar-refractivity contribution in [3.8, 4) is 5.75 Å². The van der Waals surface area contributed by atoms with E-state index in [4.69, 9.17) is 4.74 Å². The summed E-state index contributed by atoms with van der Waals surface area (Å²) in [6.45, 7) is 1.97. The lowest BCUT2D eigenvalue weighted by Crippen LogP contribution is -2.26. The highest BCUT2D eigenvalue weighted by Crippen LogP contribution is 2.21. The highest BCUT2D eigenvalue weighted by atomic mass is 16.5. The Kier molecular flexibility index (Phi) is 4.71. The second-order valence-corrected chi connectivity index (χ2v) is 5.71. The number of benzene rings is 2. The third-order valence-electron chi connectivity index (χ3n) is 3.89. The molecule has 2 aromatic rings. The van der Waals surface area contributed by atoms with Gasteiger partial charge in [0.25, 0.3) is 5.91 Å². The van der Waals surface area contributed by atoms with E-state index in [0.717, 1.165) is 36.1 Å². The fourth-order valence-corrected chi connectivity index (χ4v) is 2.66. The average Bonchev–Trinajstić information content (AvgIpc) is 2.59. The number of aryl methyl sites for hydroxylation is 2. The van der Waals surface area contributed by atoms with Gasteiger partial charge in [0.1, 0.15) is 5.75 Å². The van der Waals surface area contributed by atoms with E-state index in [1.807, 2.05) is 43.3 Å². The minimum atomic E-state index is -0.249. The van der Waals surface area contributed by atoms with Crippen molar-refractivity contribution in [2.45, 2.75) is 26.2 Å². The van der Waals surface area contributed by atoms with E-state index in [0.29, 0.717) is 5.75 Å². The molecule has 0 bridgehead atoms. The second-order valence-electron chi connectivity index (χ2n) is 5.71. The van der Waals surface area contributed by atoms with E-state index in [-0.39, 0.29) is 12.5 Å². The summed E-state index contributed by atoms with van der Waals surface area (Å²) >= 11 is 0. The lowest BCUT2D eigenvalue weighted by Gasteiger charge is -2.17. The summed E-state index contributed by atoms with van der Waals surface area (Å²) in [6.07, 6.45) is 3.02. The van der Waals surface area contributed by atoms with E-state index < -0.39 is 0 Å². The number of nitrogens with zero attached hydrogens (tertiary/aromatic N) is 1. The lowest BCUT2D eigenvalue weighted by atomic mass is 9.90. The number of nitrogens with one attached hydrogen (secondary N) is 1. The van der Waals surface area contributed by atoms with Gasteiger partial charge in [0, 0.05) is 5.56 Å². The normalized spacial score (nSPS) is 15.1. The van der Waals surface area contributed by atoms with E-state index in [1.54, 1.807) is 0 Å². The zero-order chi connectivity index (χ0) is 16.1. The van der Waals surface area contributed by atoms with Crippen LogP contribution in [-0.2, 0) is 11.2 Å². The summed E-state index contributed by atoms with van der Waals surface area (Å²) in [5.41, 5.74) is 7.13. The summed E-state index contributed by atoms with van der Waals surface area (Å²) in [4.78, 5) is 11.9. The van der Waals surface area contributed by atoms with Crippen LogP contribution < -0.4 is 10.2 Å². The number of carbonyl (C=O) groups excluding carboxylic acids is 1. The molecule has 4 nitrogen and oxygen atoms in total. The van der Waals surface area contributed by atoms with Gasteiger partial charge in [0.15, 0.2) is 6.61 Å². The predicted octanol–water partition coefficient (Wildman–Crippen LogP) is 3.23. The van der Waals surface area contributed by atoms with Gasteiger partial charge in [-0.2, -0.15) is 5.10 Å². The maximum atomic E-state index is 11.9. The standard InChI is InChI=1S/C19H20N2O2/c1-14-9-11-16(12-10-14)23-13-19(22)21-20-18-8-4-6-15-5-2-3-7-17(15)18/h2-3,5,7,9-12H,4,6,8,13H2,1H3,(H,21,22)/b20-18+. The monoisotopic (exact) mass is 308 g/mol. The maximum Gasteiger partial charge on any atom is 0.277 e. The number of hydrogen-bond donors (Lipinski definition) is 1. The van der Waals surface area contributed by atoms with Gasteiger partial charge in [-0.25, -0.2) is 5.43 Å². The quantitative estimate of drug-likeness (QED) is 0.882. The Morgan fingerprint density at radius 2 is 1.91 bits per heavy atom. The van der Waals surface area contributed by atoms with Gasteiger partial charge in [0.2, 0.25) is 0 Å². The van der Waals surface area contributed by atoms with Crippen LogP contribution in [0.3, 0.4) is 0 Å². The number of fused-ring (bicyclic) bond motifs is 1. The van der Waals surface area contributed by atoms with Crippen LogP contribution in [0, 0.1) is 6.92 Å². The molecule has 2 aromatic carbocycles. The van der Waals surface area contributed by atoms with Crippen LogP contribution in [0.1, 0.15) is 29.5 Å².